The Hall–Kier alpha value is 0.660. The van der Waals surface area contributed by atoms with E-state index in [2.05, 4.69) is 23.5 Å². The van der Waals surface area contributed by atoms with Gasteiger partial charge in [0.15, 0.2) is 0 Å². The molecule has 0 unspecified atom stereocenters. The van der Waals surface area contributed by atoms with Crippen molar-refractivity contribution in [1.82, 2.24) is 0 Å². The molecule has 0 bridgehead atoms. The van der Waals surface area contributed by atoms with Gasteiger partial charge in [0.25, 0.3) is 0 Å². The maximum absolute atomic E-state index is 5.37. The lowest BCUT2D eigenvalue weighted by atomic mass is 9.91. The van der Waals surface area contributed by atoms with E-state index < -0.39 is 0 Å². The van der Waals surface area contributed by atoms with Gasteiger partial charge >= 0.3 is 0 Å². The van der Waals surface area contributed by atoms with Gasteiger partial charge in [0.1, 0.15) is 0 Å². The number of thioether (sulfide) groups is 2. The molecule has 2 heterocycles. The second-order valence-electron chi connectivity index (χ2n) is 4.62. The molecule has 3 heteroatoms. The summed E-state index contributed by atoms with van der Waals surface area (Å²) in [6.07, 6.45) is 4.41. The zero-order valence-electron chi connectivity index (χ0n) is 7.83. The molecule has 1 nitrogen and oxygen atoms in total. The second kappa shape index (κ2) is 3.35. The molecule has 2 saturated heterocycles. The minimum Gasteiger partial charge on any atom is -0.380 e. The Labute approximate surface area is 88.4 Å². The van der Waals surface area contributed by atoms with Gasteiger partial charge in [-0.25, -0.2) is 0 Å². The fraction of sp³-hybridized carbons (Fsp3) is 1.00. The molecule has 0 amide bonds. The van der Waals surface area contributed by atoms with Crippen LogP contribution in [-0.4, -0.2) is 35.2 Å². The first-order valence-electron chi connectivity index (χ1n) is 5.19. The molecule has 0 N–H and O–H groups in total. The van der Waals surface area contributed by atoms with E-state index in [1.807, 2.05) is 0 Å². The fourth-order valence-corrected chi connectivity index (χ4v) is 6.08. The summed E-state index contributed by atoms with van der Waals surface area (Å²) in [7, 11) is 0. The number of rotatable bonds is 0. The quantitative estimate of drug-likeness (QED) is 0.615. The average Bonchev–Trinajstić information content (AvgIpc) is 2.43. The molecule has 3 aliphatic rings. The number of hydrogen-bond donors (Lipinski definition) is 0. The predicted molar refractivity (Wildman–Crippen MR) is 59.6 cm³/mol. The molecule has 1 spiro atoms. The topological polar surface area (TPSA) is 9.23 Å². The third-order valence-electron chi connectivity index (χ3n) is 3.42. The van der Waals surface area contributed by atoms with Crippen LogP contribution in [0.1, 0.15) is 19.3 Å². The van der Waals surface area contributed by atoms with Crippen molar-refractivity contribution in [2.75, 3.05) is 24.7 Å². The van der Waals surface area contributed by atoms with Crippen LogP contribution in [0.4, 0.5) is 0 Å². The maximum Gasteiger partial charge on any atom is 0.0560 e. The van der Waals surface area contributed by atoms with Crippen molar-refractivity contribution in [1.29, 1.82) is 0 Å². The smallest absolute Gasteiger partial charge is 0.0560 e. The van der Waals surface area contributed by atoms with E-state index in [0.29, 0.717) is 5.41 Å². The van der Waals surface area contributed by atoms with Crippen LogP contribution in [0.2, 0.25) is 0 Å². The van der Waals surface area contributed by atoms with Crippen LogP contribution in [0.25, 0.3) is 0 Å². The molecule has 1 saturated carbocycles. The van der Waals surface area contributed by atoms with Crippen molar-refractivity contribution in [2.24, 2.45) is 5.41 Å². The molecule has 3 fully saturated rings. The van der Waals surface area contributed by atoms with Gasteiger partial charge in [-0.15, -0.1) is 0 Å². The first-order chi connectivity index (χ1) is 6.38. The molecule has 0 aromatic heterocycles. The Bertz CT molecular complexity index is 187. The highest BCUT2D eigenvalue weighted by Gasteiger charge is 2.44. The molecule has 74 valence electrons. The molecule has 1 aliphatic carbocycles. The lowest BCUT2D eigenvalue weighted by Gasteiger charge is -2.40. The van der Waals surface area contributed by atoms with Crippen LogP contribution < -0.4 is 0 Å². The molecular formula is C10H16OS2. The van der Waals surface area contributed by atoms with Crippen LogP contribution in [0.15, 0.2) is 0 Å². The largest absolute Gasteiger partial charge is 0.380 e. The van der Waals surface area contributed by atoms with Crippen LogP contribution >= 0.6 is 23.5 Å². The molecule has 0 aromatic rings. The Balaban J connectivity index is 1.69. The van der Waals surface area contributed by atoms with Gasteiger partial charge in [-0.3, -0.25) is 0 Å². The third-order valence-corrected chi connectivity index (χ3v) is 7.13. The summed E-state index contributed by atoms with van der Waals surface area (Å²) in [6, 6.07) is 0. The van der Waals surface area contributed by atoms with Crippen molar-refractivity contribution >= 4 is 23.5 Å². The maximum atomic E-state index is 5.37. The van der Waals surface area contributed by atoms with Gasteiger partial charge < -0.3 is 4.74 Å². The van der Waals surface area contributed by atoms with E-state index >= 15 is 0 Å². The summed E-state index contributed by atoms with van der Waals surface area (Å²) >= 11 is 4.47. The Kier molecular flexibility index (Phi) is 2.30. The molecular weight excluding hydrogens is 200 g/mol. The zero-order chi connectivity index (χ0) is 8.73. The number of hydrogen-bond acceptors (Lipinski definition) is 3. The summed E-state index contributed by atoms with van der Waals surface area (Å²) in [6.45, 7) is 2.07. The molecule has 13 heavy (non-hydrogen) atoms. The lowest BCUT2D eigenvalue weighted by Crippen LogP contribution is -2.46. The van der Waals surface area contributed by atoms with E-state index in [1.54, 1.807) is 0 Å². The lowest BCUT2D eigenvalue weighted by molar-refractivity contribution is -0.0828. The monoisotopic (exact) mass is 216 g/mol. The Morgan fingerprint density at radius 2 is 1.62 bits per heavy atom. The number of ether oxygens (including phenoxy) is 1. The Morgan fingerprint density at radius 1 is 1.00 bits per heavy atom. The van der Waals surface area contributed by atoms with Gasteiger partial charge in [-0.05, 0) is 12.8 Å². The highest BCUT2D eigenvalue weighted by molar-refractivity contribution is 8.04. The summed E-state index contributed by atoms with van der Waals surface area (Å²) in [5, 5.41) is 1.95. The van der Waals surface area contributed by atoms with Crippen LogP contribution in [0, 0.1) is 5.41 Å². The highest BCUT2D eigenvalue weighted by Crippen LogP contribution is 2.47. The van der Waals surface area contributed by atoms with Crippen LogP contribution in [-0.2, 0) is 4.74 Å². The van der Waals surface area contributed by atoms with Crippen molar-refractivity contribution in [3.8, 4) is 0 Å². The summed E-state index contributed by atoms with van der Waals surface area (Å²) in [5.74, 6) is 2.72. The fourth-order valence-electron chi connectivity index (χ4n) is 2.44. The summed E-state index contributed by atoms with van der Waals surface area (Å²) in [4.78, 5) is 0. The van der Waals surface area contributed by atoms with E-state index in [4.69, 9.17) is 4.74 Å². The van der Waals surface area contributed by atoms with Crippen molar-refractivity contribution < 1.29 is 4.74 Å². The van der Waals surface area contributed by atoms with Crippen molar-refractivity contribution in [3.63, 3.8) is 0 Å². The standard InChI is InChI=1S/C10H16OS2/c1-2-8-9(3-1)13-7-10(6-12-8)4-11-5-10/h8-9H,1-7H2/t8-,9-/m0/s1. The zero-order valence-corrected chi connectivity index (χ0v) is 9.46. The predicted octanol–water partition coefficient (Wildman–Crippen LogP) is 2.40. The van der Waals surface area contributed by atoms with Crippen LogP contribution in [0.5, 0.6) is 0 Å². The highest BCUT2D eigenvalue weighted by atomic mass is 32.2. The molecule has 0 aromatic carbocycles. The average molecular weight is 216 g/mol. The first-order valence-corrected chi connectivity index (χ1v) is 7.29. The first kappa shape index (κ1) is 8.93. The van der Waals surface area contributed by atoms with Gasteiger partial charge in [-0.1, -0.05) is 6.42 Å². The van der Waals surface area contributed by atoms with E-state index in [9.17, 15) is 0 Å². The van der Waals surface area contributed by atoms with Gasteiger partial charge in [-0.2, -0.15) is 23.5 Å². The SMILES string of the molecule is C1C[C@@H]2SCC3(COC3)CS[C@H]2C1. The van der Waals surface area contributed by atoms with Gasteiger partial charge in [0.05, 0.1) is 13.2 Å². The van der Waals surface area contributed by atoms with E-state index in [0.717, 1.165) is 23.7 Å². The van der Waals surface area contributed by atoms with E-state index in [1.165, 1.54) is 30.8 Å². The molecule has 2 atom stereocenters. The molecule has 0 radical (unpaired) electrons. The molecule has 2 aliphatic heterocycles. The van der Waals surface area contributed by atoms with Gasteiger partial charge in [0.2, 0.25) is 0 Å². The van der Waals surface area contributed by atoms with Crippen LogP contribution in [0.3, 0.4) is 0 Å². The van der Waals surface area contributed by atoms with Gasteiger partial charge in [0, 0.05) is 27.4 Å². The van der Waals surface area contributed by atoms with Crippen molar-refractivity contribution in [2.45, 2.75) is 29.8 Å². The molecule has 3 rings (SSSR count). The number of fused-ring (bicyclic) bond motifs is 1. The van der Waals surface area contributed by atoms with E-state index in [-0.39, 0.29) is 0 Å². The van der Waals surface area contributed by atoms with Crippen molar-refractivity contribution in [3.05, 3.63) is 0 Å². The third kappa shape index (κ3) is 1.53. The summed E-state index contributed by atoms with van der Waals surface area (Å²) < 4.78 is 5.37. The minimum absolute atomic E-state index is 0.583. The Morgan fingerprint density at radius 3 is 2.08 bits per heavy atom. The summed E-state index contributed by atoms with van der Waals surface area (Å²) in [5.41, 5.74) is 0.583. The normalized spacial score (nSPS) is 42.5. The second-order valence-corrected chi connectivity index (χ2v) is 7.08. The minimum atomic E-state index is 0.583.